The number of unbranched alkanes of at least 4 members (excludes halogenated alkanes) is 4. The van der Waals surface area contributed by atoms with E-state index in [2.05, 4.69) is 6.92 Å². The van der Waals surface area contributed by atoms with E-state index in [1.54, 1.807) is 6.08 Å². The van der Waals surface area contributed by atoms with Crippen LogP contribution >= 0.6 is 0 Å². The minimum absolute atomic E-state index is 0.151. The molecule has 1 unspecified atom stereocenters. The average molecular weight is 296 g/mol. The van der Waals surface area contributed by atoms with Crippen LogP contribution in [0.2, 0.25) is 0 Å². The van der Waals surface area contributed by atoms with Crippen LogP contribution in [0.25, 0.3) is 0 Å². The van der Waals surface area contributed by atoms with Crippen molar-refractivity contribution in [3.05, 3.63) is 24.1 Å². The van der Waals surface area contributed by atoms with Gasteiger partial charge in [-0.25, -0.2) is 8.78 Å². The Bertz CT molecular complexity index is 364. The Labute approximate surface area is 128 Å². The number of alkyl halides is 1. The van der Waals surface area contributed by atoms with Gasteiger partial charge in [0.2, 0.25) is 0 Å². The predicted octanol–water partition coefficient (Wildman–Crippen LogP) is 6.67. The molecule has 0 spiro atoms. The van der Waals surface area contributed by atoms with Gasteiger partial charge in [-0.2, -0.15) is 0 Å². The minimum atomic E-state index is -1.80. The van der Waals surface area contributed by atoms with E-state index in [-0.39, 0.29) is 5.92 Å². The zero-order valence-electron chi connectivity index (χ0n) is 13.4. The highest BCUT2D eigenvalue weighted by Crippen LogP contribution is 2.45. The largest absolute Gasteiger partial charge is 0.231 e. The molecule has 0 amide bonds. The number of hydrogen-bond acceptors (Lipinski definition) is 0. The normalized spacial score (nSPS) is 33.0. The summed E-state index contributed by atoms with van der Waals surface area (Å²) in [4.78, 5) is 0. The van der Waals surface area contributed by atoms with E-state index in [1.807, 2.05) is 0 Å². The van der Waals surface area contributed by atoms with Crippen LogP contribution in [0, 0.1) is 11.8 Å². The zero-order chi connectivity index (χ0) is 15.1. The lowest BCUT2D eigenvalue weighted by atomic mass is 9.71. The van der Waals surface area contributed by atoms with Crippen molar-refractivity contribution in [1.82, 2.24) is 0 Å². The van der Waals surface area contributed by atoms with Crippen molar-refractivity contribution in [3.63, 3.8) is 0 Å². The Morgan fingerprint density at radius 2 is 1.81 bits per heavy atom. The Hall–Kier alpha value is -0.660. The summed E-state index contributed by atoms with van der Waals surface area (Å²) in [5.74, 6) is 0.0424. The Kier molecular flexibility index (Phi) is 6.44. The van der Waals surface area contributed by atoms with Crippen molar-refractivity contribution in [2.24, 2.45) is 11.8 Å². The molecule has 0 heterocycles. The summed E-state index contributed by atoms with van der Waals surface area (Å²) < 4.78 is 28.7. The quantitative estimate of drug-likeness (QED) is 0.363. The van der Waals surface area contributed by atoms with Crippen LogP contribution < -0.4 is 0 Å². The fourth-order valence-electron chi connectivity index (χ4n) is 3.89. The summed E-state index contributed by atoms with van der Waals surface area (Å²) in [7, 11) is 0. The molecule has 0 bridgehead atoms. The summed E-state index contributed by atoms with van der Waals surface area (Å²) in [6.45, 7) is 2.24. The molecule has 1 saturated carbocycles. The number of halogens is 2. The molecule has 2 rings (SSSR count). The zero-order valence-corrected chi connectivity index (χ0v) is 13.4. The van der Waals surface area contributed by atoms with Gasteiger partial charge in [-0.1, -0.05) is 64.4 Å². The van der Waals surface area contributed by atoms with E-state index in [0.29, 0.717) is 6.42 Å². The fraction of sp³-hybridized carbons (Fsp3) is 0.789. The number of rotatable bonds is 7. The van der Waals surface area contributed by atoms with Crippen LogP contribution in [0.4, 0.5) is 8.78 Å². The van der Waals surface area contributed by atoms with Gasteiger partial charge >= 0.3 is 0 Å². The van der Waals surface area contributed by atoms with Gasteiger partial charge in [0.25, 0.3) is 0 Å². The van der Waals surface area contributed by atoms with E-state index in [9.17, 15) is 8.78 Å². The second-order valence-corrected chi connectivity index (χ2v) is 6.88. The molecule has 0 N–H and O–H groups in total. The van der Waals surface area contributed by atoms with Crippen LogP contribution in [-0.4, -0.2) is 5.67 Å². The van der Waals surface area contributed by atoms with Gasteiger partial charge in [-0.3, -0.25) is 0 Å². The number of hydrogen-bond donors (Lipinski definition) is 0. The van der Waals surface area contributed by atoms with Crippen LogP contribution in [0.5, 0.6) is 0 Å². The van der Waals surface area contributed by atoms with Gasteiger partial charge in [0.1, 0.15) is 5.83 Å². The Morgan fingerprint density at radius 1 is 1.10 bits per heavy atom. The van der Waals surface area contributed by atoms with E-state index in [1.165, 1.54) is 50.7 Å². The lowest BCUT2D eigenvalue weighted by molar-refractivity contribution is 0.0956. The average Bonchev–Trinajstić information content (AvgIpc) is 2.51. The van der Waals surface area contributed by atoms with Gasteiger partial charge in [0.15, 0.2) is 5.67 Å². The number of allylic oxidation sites excluding steroid dienone is 4. The molecule has 1 atom stereocenters. The maximum atomic E-state index is 14.8. The van der Waals surface area contributed by atoms with Crippen molar-refractivity contribution in [3.8, 4) is 0 Å². The molecule has 0 nitrogen and oxygen atoms in total. The molecule has 2 aliphatic carbocycles. The molecule has 0 aromatic heterocycles. The minimum Gasteiger partial charge on any atom is -0.231 e. The van der Waals surface area contributed by atoms with Crippen molar-refractivity contribution in [2.75, 3.05) is 0 Å². The lowest BCUT2D eigenvalue weighted by Crippen LogP contribution is -2.36. The van der Waals surface area contributed by atoms with Gasteiger partial charge in [-0.15, -0.1) is 0 Å². The summed E-state index contributed by atoms with van der Waals surface area (Å²) >= 11 is 0. The molecule has 0 aliphatic heterocycles. The Morgan fingerprint density at radius 3 is 2.48 bits per heavy atom. The highest BCUT2D eigenvalue weighted by Gasteiger charge is 2.43. The second-order valence-electron chi connectivity index (χ2n) is 6.88. The van der Waals surface area contributed by atoms with Crippen LogP contribution in [0.1, 0.15) is 77.6 Å². The Balaban J connectivity index is 1.72. The highest BCUT2D eigenvalue weighted by atomic mass is 19.2. The van der Waals surface area contributed by atoms with Gasteiger partial charge < -0.3 is 0 Å². The van der Waals surface area contributed by atoms with E-state index in [0.717, 1.165) is 31.6 Å². The third kappa shape index (κ3) is 4.40. The first-order valence-corrected chi connectivity index (χ1v) is 8.89. The van der Waals surface area contributed by atoms with E-state index in [4.69, 9.17) is 0 Å². The molecular weight excluding hydrogens is 266 g/mol. The smallest absolute Gasteiger partial charge is 0.182 e. The van der Waals surface area contributed by atoms with Gasteiger partial charge in [0, 0.05) is 5.92 Å². The van der Waals surface area contributed by atoms with E-state index < -0.39 is 11.5 Å². The molecular formula is C19H30F2. The molecule has 21 heavy (non-hydrogen) atoms. The van der Waals surface area contributed by atoms with Crippen LogP contribution in [0.3, 0.4) is 0 Å². The molecule has 0 saturated heterocycles. The molecule has 1 fully saturated rings. The summed E-state index contributed by atoms with van der Waals surface area (Å²) in [5, 5.41) is 0. The maximum absolute atomic E-state index is 14.8. The molecule has 120 valence electrons. The highest BCUT2D eigenvalue weighted by molar-refractivity contribution is 5.27. The van der Waals surface area contributed by atoms with Gasteiger partial charge in [-0.05, 0) is 37.3 Å². The van der Waals surface area contributed by atoms with Gasteiger partial charge in [0.05, 0.1) is 0 Å². The molecule has 0 aromatic rings. The molecule has 0 aromatic carbocycles. The first kappa shape index (κ1) is 16.7. The maximum Gasteiger partial charge on any atom is 0.182 e. The third-order valence-corrected chi connectivity index (χ3v) is 5.32. The molecule has 0 radical (unpaired) electrons. The predicted molar refractivity (Wildman–Crippen MR) is 85.6 cm³/mol. The standard InChI is InChI=1S/C19H30F2/c1-2-3-4-5-6-9-16-11-13-17(14-12-16)19(21)15-8-7-10-18(19)20/h8,10,15-17H,2-7,9,11-14H2,1H3. The fourth-order valence-corrected chi connectivity index (χ4v) is 3.89. The van der Waals surface area contributed by atoms with Crippen molar-refractivity contribution in [2.45, 2.75) is 83.2 Å². The summed E-state index contributed by atoms with van der Waals surface area (Å²) in [5.41, 5.74) is -1.80. The summed E-state index contributed by atoms with van der Waals surface area (Å²) in [6.07, 6.45) is 16.9. The summed E-state index contributed by atoms with van der Waals surface area (Å²) in [6, 6.07) is 0. The second kappa shape index (κ2) is 8.10. The van der Waals surface area contributed by atoms with Crippen molar-refractivity contribution < 1.29 is 8.78 Å². The monoisotopic (exact) mass is 296 g/mol. The molecule has 2 heteroatoms. The van der Waals surface area contributed by atoms with Crippen LogP contribution in [-0.2, 0) is 0 Å². The van der Waals surface area contributed by atoms with Crippen LogP contribution in [0.15, 0.2) is 24.1 Å². The van der Waals surface area contributed by atoms with E-state index >= 15 is 0 Å². The molecule has 2 aliphatic rings. The third-order valence-electron chi connectivity index (χ3n) is 5.32. The van der Waals surface area contributed by atoms with Crippen molar-refractivity contribution >= 4 is 0 Å². The lowest BCUT2D eigenvalue weighted by Gasteiger charge is -2.37. The first-order valence-electron chi connectivity index (χ1n) is 8.89. The van der Waals surface area contributed by atoms with Crippen molar-refractivity contribution in [1.29, 1.82) is 0 Å². The SMILES string of the molecule is CCCCCCCC1CCC(C2(F)C=CCC=C2F)CC1. The topological polar surface area (TPSA) is 0 Å². The first-order chi connectivity index (χ1) is 10.2.